The molecule has 3 rings (SSSR count). The van der Waals surface area contributed by atoms with Crippen LogP contribution in [0.5, 0.6) is 0 Å². The molecule has 4 heteroatoms. The van der Waals surface area contributed by atoms with Gasteiger partial charge in [0.2, 0.25) is 0 Å². The fraction of sp³-hybridized carbons (Fsp3) is 0.333. The van der Waals surface area contributed by atoms with Crippen molar-refractivity contribution in [1.29, 1.82) is 0 Å². The van der Waals surface area contributed by atoms with Crippen LogP contribution >= 0.6 is 11.8 Å². The maximum atomic E-state index is 11.8. The third-order valence-electron chi connectivity index (χ3n) is 3.05. The highest BCUT2D eigenvalue weighted by atomic mass is 32.2. The number of carbonyl (C=O) groups excluding carboxylic acids is 1. The lowest BCUT2D eigenvalue weighted by Crippen LogP contribution is -2.16. The first-order valence-electron chi connectivity index (χ1n) is 5.36. The normalized spacial score (nSPS) is 15.4. The van der Waals surface area contributed by atoms with Gasteiger partial charge >= 0.3 is 0 Å². The van der Waals surface area contributed by atoms with E-state index in [4.69, 9.17) is 0 Å². The molecule has 0 N–H and O–H groups in total. The van der Waals surface area contributed by atoms with Gasteiger partial charge in [0.25, 0.3) is 0 Å². The Hall–Kier alpha value is -1.29. The van der Waals surface area contributed by atoms with Crippen LogP contribution in [0, 0.1) is 0 Å². The van der Waals surface area contributed by atoms with Gasteiger partial charge in [-0.2, -0.15) is 0 Å². The molecule has 0 saturated heterocycles. The summed E-state index contributed by atoms with van der Waals surface area (Å²) < 4.78 is 2.06. The number of carbonyl (C=O) groups is 1. The van der Waals surface area contributed by atoms with Crippen molar-refractivity contribution in [2.75, 3.05) is 6.26 Å². The summed E-state index contributed by atoms with van der Waals surface area (Å²) in [6, 6.07) is 4.00. The van der Waals surface area contributed by atoms with Crippen LogP contribution in [0.2, 0.25) is 0 Å². The molecule has 0 unspecified atom stereocenters. The van der Waals surface area contributed by atoms with Crippen LogP contribution in [0.25, 0.3) is 11.0 Å². The number of Topliss-reactive ketones (excluding diaryl/α,β-unsaturated/α-hetero) is 1. The molecule has 82 valence electrons. The number of rotatable bonds is 1. The Labute approximate surface area is 97.9 Å². The summed E-state index contributed by atoms with van der Waals surface area (Å²) in [6.45, 7) is 0.912. The molecule has 0 aromatic carbocycles. The van der Waals surface area contributed by atoms with E-state index >= 15 is 0 Å². The summed E-state index contributed by atoms with van der Waals surface area (Å²) in [6.07, 6.45) is 5.47. The summed E-state index contributed by atoms with van der Waals surface area (Å²) in [4.78, 5) is 17.4. The summed E-state index contributed by atoms with van der Waals surface area (Å²) >= 11 is 1.70. The minimum atomic E-state index is 0.247. The van der Waals surface area contributed by atoms with Crippen molar-refractivity contribution in [2.24, 2.45) is 0 Å². The summed E-state index contributed by atoms with van der Waals surface area (Å²) in [5.74, 6) is 0.247. The highest BCUT2D eigenvalue weighted by molar-refractivity contribution is 7.98. The Balaban J connectivity index is 2.35. The maximum absolute atomic E-state index is 11.8. The van der Waals surface area contributed by atoms with Gasteiger partial charge in [-0.1, -0.05) is 0 Å². The van der Waals surface area contributed by atoms with Crippen LogP contribution in [0.15, 0.2) is 23.2 Å². The van der Waals surface area contributed by atoms with Gasteiger partial charge in [-0.05, 0) is 24.8 Å². The molecule has 0 amide bonds. The summed E-state index contributed by atoms with van der Waals surface area (Å²) in [5, 5.41) is 1.11. The number of aryl methyl sites for hydroxylation is 1. The zero-order chi connectivity index (χ0) is 11.1. The highest BCUT2D eigenvalue weighted by Crippen LogP contribution is 2.30. The van der Waals surface area contributed by atoms with Crippen molar-refractivity contribution in [1.82, 2.24) is 9.55 Å². The first kappa shape index (κ1) is 9.90. The minimum Gasteiger partial charge on any atom is -0.323 e. The van der Waals surface area contributed by atoms with Crippen molar-refractivity contribution in [3.8, 4) is 0 Å². The number of nitrogens with zero attached hydrogens (tertiary/aromatic N) is 2. The summed E-state index contributed by atoms with van der Waals surface area (Å²) in [5.41, 5.74) is 1.78. The van der Waals surface area contributed by atoms with Gasteiger partial charge in [0, 0.05) is 29.4 Å². The van der Waals surface area contributed by atoms with Gasteiger partial charge in [0.1, 0.15) is 5.65 Å². The first-order chi connectivity index (χ1) is 7.81. The molecule has 0 saturated carbocycles. The predicted molar refractivity (Wildman–Crippen MR) is 65.1 cm³/mol. The molecule has 1 aliphatic rings. The second kappa shape index (κ2) is 3.63. The zero-order valence-corrected chi connectivity index (χ0v) is 9.88. The molecule has 0 fully saturated rings. The number of pyridine rings is 1. The molecule has 0 aliphatic carbocycles. The highest BCUT2D eigenvalue weighted by Gasteiger charge is 2.21. The number of ketones is 1. The maximum Gasteiger partial charge on any atom is 0.179 e. The number of aromatic nitrogens is 2. The lowest BCUT2D eigenvalue weighted by molar-refractivity contribution is 0.0956. The van der Waals surface area contributed by atoms with E-state index in [1.165, 1.54) is 4.90 Å². The third-order valence-corrected chi connectivity index (χ3v) is 3.84. The molecule has 2 aromatic rings. The molecule has 0 bridgehead atoms. The van der Waals surface area contributed by atoms with Crippen molar-refractivity contribution < 1.29 is 4.79 Å². The Morgan fingerprint density at radius 3 is 3.19 bits per heavy atom. The van der Waals surface area contributed by atoms with Gasteiger partial charge in [0.05, 0.1) is 5.69 Å². The van der Waals surface area contributed by atoms with Gasteiger partial charge in [-0.3, -0.25) is 4.79 Å². The molecule has 3 heterocycles. The molecule has 0 radical (unpaired) electrons. The predicted octanol–water partition coefficient (Wildman–Crippen LogP) is 2.73. The average molecular weight is 232 g/mol. The zero-order valence-electron chi connectivity index (χ0n) is 9.06. The smallest absolute Gasteiger partial charge is 0.179 e. The third kappa shape index (κ3) is 1.29. The molecule has 0 atom stereocenters. The van der Waals surface area contributed by atoms with Crippen molar-refractivity contribution in [3.63, 3.8) is 0 Å². The standard InChI is InChI=1S/C12H12N2OS/c1-16-11-4-5-13-12-8(11)7-9-10(15)3-2-6-14(9)12/h4-5,7H,2-3,6H2,1H3. The second-order valence-electron chi connectivity index (χ2n) is 3.96. The van der Waals surface area contributed by atoms with Crippen molar-refractivity contribution >= 4 is 28.6 Å². The molecular weight excluding hydrogens is 220 g/mol. The van der Waals surface area contributed by atoms with E-state index in [0.717, 1.165) is 29.7 Å². The number of hydrogen-bond donors (Lipinski definition) is 0. The topological polar surface area (TPSA) is 34.9 Å². The second-order valence-corrected chi connectivity index (χ2v) is 4.81. The van der Waals surface area contributed by atoms with E-state index in [2.05, 4.69) is 9.55 Å². The molecule has 1 aliphatic heterocycles. The molecule has 3 nitrogen and oxygen atoms in total. The van der Waals surface area contributed by atoms with E-state index < -0.39 is 0 Å². The summed E-state index contributed by atoms with van der Waals surface area (Å²) in [7, 11) is 0. The van der Waals surface area contributed by atoms with Gasteiger partial charge in [0.15, 0.2) is 5.78 Å². The monoisotopic (exact) mass is 232 g/mol. The van der Waals surface area contributed by atoms with E-state index in [9.17, 15) is 4.79 Å². The van der Waals surface area contributed by atoms with Crippen LogP contribution in [0.3, 0.4) is 0 Å². The lowest BCUT2D eigenvalue weighted by atomic mass is 10.1. The number of fused-ring (bicyclic) bond motifs is 3. The number of thioether (sulfide) groups is 1. The fourth-order valence-corrected chi connectivity index (χ4v) is 2.85. The molecule has 16 heavy (non-hydrogen) atoms. The molecule has 2 aromatic heterocycles. The largest absolute Gasteiger partial charge is 0.323 e. The average Bonchev–Trinajstić information content (AvgIpc) is 2.69. The van der Waals surface area contributed by atoms with Crippen molar-refractivity contribution in [2.45, 2.75) is 24.3 Å². The Kier molecular flexibility index (Phi) is 2.24. The lowest BCUT2D eigenvalue weighted by Gasteiger charge is -2.13. The SMILES string of the molecule is CSc1ccnc2c1cc1n2CCCC1=O. The Morgan fingerprint density at radius 2 is 2.38 bits per heavy atom. The van der Waals surface area contributed by atoms with Crippen LogP contribution < -0.4 is 0 Å². The van der Waals surface area contributed by atoms with Crippen LogP contribution in [-0.4, -0.2) is 21.6 Å². The first-order valence-corrected chi connectivity index (χ1v) is 6.59. The van der Waals surface area contributed by atoms with E-state index in [1.54, 1.807) is 11.8 Å². The minimum absolute atomic E-state index is 0.247. The fourth-order valence-electron chi connectivity index (χ4n) is 2.29. The Morgan fingerprint density at radius 1 is 1.50 bits per heavy atom. The number of hydrogen-bond acceptors (Lipinski definition) is 3. The molecule has 0 spiro atoms. The Bertz CT molecular complexity index is 574. The molecular formula is C12H12N2OS. The van der Waals surface area contributed by atoms with Gasteiger partial charge in [-0.15, -0.1) is 11.8 Å². The van der Waals surface area contributed by atoms with Crippen LogP contribution in [0.4, 0.5) is 0 Å². The quantitative estimate of drug-likeness (QED) is 0.709. The van der Waals surface area contributed by atoms with Gasteiger partial charge in [-0.25, -0.2) is 4.98 Å². The van der Waals surface area contributed by atoms with Crippen LogP contribution in [0.1, 0.15) is 23.3 Å². The van der Waals surface area contributed by atoms with E-state index in [1.807, 2.05) is 24.6 Å². The van der Waals surface area contributed by atoms with Gasteiger partial charge < -0.3 is 4.57 Å². The van der Waals surface area contributed by atoms with E-state index in [0.29, 0.717) is 6.42 Å². The van der Waals surface area contributed by atoms with E-state index in [-0.39, 0.29) is 5.78 Å². The van der Waals surface area contributed by atoms with Crippen molar-refractivity contribution in [3.05, 3.63) is 24.0 Å². The van der Waals surface area contributed by atoms with Crippen LogP contribution in [-0.2, 0) is 6.54 Å².